The Morgan fingerprint density at radius 1 is 1.14 bits per heavy atom. The number of aliphatic imine (C=N–C) groups is 1. The number of halogens is 1. The third-order valence-electron chi connectivity index (χ3n) is 5.23. The Hall–Kier alpha value is -0.830. The van der Waals surface area contributed by atoms with Gasteiger partial charge in [-0.15, -0.1) is 24.0 Å². The van der Waals surface area contributed by atoms with E-state index in [2.05, 4.69) is 55.3 Å². The highest BCUT2D eigenvalue weighted by Gasteiger charge is 2.21. The largest absolute Gasteiger partial charge is 0.361 e. The third-order valence-corrected chi connectivity index (χ3v) is 5.23. The summed E-state index contributed by atoms with van der Waals surface area (Å²) in [5.74, 6) is 3.48. The molecular weight excluding hydrogens is 465 g/mol. The lowest BCUT2D eigenvalue weighted by molar-refractivity contribution is 0.140. The molecule has 1 saturated heterocycles. The molecule has 6 nitrogen and oxygen atoms in total. The van der Waals surface area contributed by atoms with Gasteiger partial charge in [0, 0.05) is 38.2 Å². The SMILES string of the molecule is CCNC(=NCc1c(CC)noc1CC)NCCCN1CC(C)CC(C)C1.I. The van der Waals surface area contributed by atoms with E-state index in [0.29, 0.717) is 6.54 Å². The first-order valence-electron chi connectivity index (χ1n) is 10.8. The second-order valence-electron chi connectivity index (χ2n) is 7.92. The van der Waals surface area contributed by atoms with E-state index in [1.807, 2.05) is 0 Å². The molecule has 0 amide bonds. The molecule has 0 aromatic carbocycles. The average Bonchev–Trinajstić information content (AvgIpc) is 3.04. The molecule has 28 heavy (non-hydrogen) atoms. The van der Waals surface area contributed by atoms with Crippen molar-refractivity contribution in [2.45, 2.75) is 66.8 Å². The van der Waals surface area contributed by atoms with Gasteiger partial charge >= 0.3 is 0 Å². The van der Waals surface area contributed by atoms with E-state index in [-0.39, 0.29) is 24.0 Å². The zero-order valence-electron chi connectivity index (χ0n) is 18.4. The molecule has 1 aromatic rings. The van der Waals surface area contributed by atoms with E-state index in [4.69, 9.17) is 9.52 Å². The first kappa shape index (κ1) is 25.2. The molecule has 1 aliphatic heterocycles. The molecule has 0 aliphatic carbocycles. The van der Waals surface area contributed by atoms with Crippen LogP contribution >= 0.6 is 24.0 Å². The number of guanidine groups is 1. The summed E-state index contributed by atoms with van der Waals surface area (Å²) in [7, 11) is 0. The van der Waals surface area contributed by atoms with E-state index < -0.39 is 0 Å². The maximum atomic E-state index is 5.45. The number of nitrogens with one attached hydrogen (secondary N) is 2. The Morgan fingerprint density at radius 3 is 2.46 bits per heavy atom. The fraction of sp³-hybridized carbons (Fsp3) is 0.810. The molecule has 2 rings (SSSR count). The molecule has 0 bridgehead atoms. The predicted octanol–water partition coefficient (Wildman–Crippen LogP) is 3.84. The molecule has 0 saturated carbocycles. The van der Waals surface area contributed by atoms with Crippen LogP contribution in [0.2, 0.25) is 0 Å². The summed E-state index contributed by atoms with van der Waals surface area (Å²) >= 11 is 0. The second kappa shape index (κ2) is 13.4. The standard InChI is InChI=1S/C21H39N5O.HI/c1-6-19-18(20(7-2)27-25-19)13-24-21(22-8-3)23-10-9-11-26-14-16(4)12-17(5)15-26;/h16-17H,6-15H2,1-5H3,(H2,22,23,24);1H. The molecular formula is C21H40IN5O. The second-order valence-corrected chi connectivity index (χ2v) is 7.92. The Kier molecular flexibility index (Phi) is 12.1. The zero-order chi connectivity index (χ0) is 19.6. The van der Waals surface area contributed by atoms with Gasteiger partial charge in [-0.2, -0.15) is 0 Å². The van der Waals surface area contributed by atoms with E-state index in [0.717, 1.165) is 73.7 Å². The number of hydrogen-bond donors (Lipinski definition) is 2. The average molecular weight is 505 g/mol. The Bertz CT molecular complexity index is 558. The Morgan fingerprint density at radius 2 is 1.86 bits per heavy atom. The van der Waals surface area contributed by atoms with E-state index in [1.165, 1.54) is 19.5 Å². The van der Waals surface area contributed by atoms with Crippen LogP contribution in [0.4, 0.5) is 0 Å². The van der Waals surface area contributed by atoms with Gasteiger partial charge in [-0.3, -0.25) is 0 Å². The molecule has 1 aliphatic rings. The molecule has 2 N–H and O–H groups in total. The van der Waals surface area contributed by atoms with Crippen LogP contribution in [-0.4, -0.2) is 48.7 Å². The van der Waals surface area contributed by atoms with Crippen LogP contribution in [-0.2, 0) is 19.4 Å². The van der Waals surface area contributed by atoms with Crippen LogP contribution < -0.4 is 10.6 Å². The number of aryl methyl sites for hydroxylation is 2. The minimum absolute atomic E-state index is 0. The minimum atomic E-state index is 0. The van der Waals surface area contributed by atoms with Gasteiger partial charge in [-0.1, -0.05) is 32.9 Å². The summed E-state index contributed by atoms with van der Waals surface area (Å²) in [6, 6.07) is 0. The van der Waals surface area contributed by atoms with Crippen molar-refractivity contribution in [2.75, 3.05) is 32.7 Å². The molecule has 162 valence electrons. The lowest BCUT2D eigenvalue weighted by atomic mass is 9.92. The number of likely N-dealkylation sites (tertiary alicyclic amines) is 1. The molecule has 2 unspecified atom stereocenters. The van der Waals surface area contributed by atoms with Crippen molar-refractivity contribution in [3.05, 3.63) is 17.0 Å². The summed E-state index contributed by atoms with van der Waals surface area (Å²) < 4.78 is 5.45. The van der Waals surface area contributed by atoms with Crippen molar-refractivity contribution in [3.8, 4) is 0 Å². The van der Waals surface area contributed by atoms with Crippen molar-refractivity contribution in [2.24, 2.45) is 16.8 Å². The molecule has 0 spiro atoms. The van der Waals surface area contributed by atoms with Gasteiger partial charge in [0.1, 0.15) is 5.76 Å². The van der Waals surface area contributed by atoms with Crippen molar-refractivity contribution in [1.29, 1.82) is 0 Å². The monoisotopic (exact) mass is 505 g/mol. The van der Waals surface area contributed by atoms with Crippen LogP contribution in [0.1, 0.15) is 64.5 Å². The highest BCUT2D eigenvalue weighted by Crippen LogP contribution is 2.20. The van der Waals surface area contributed by atoms with E-state index in [9.17, 15) is 0 Å². The first-order chi connectivity index (χ1) is 13.1. The molecule has 1 aromatic heterocycles. The molecule has 7 heteroatoms. The van der Waals surface area contributed by atoms with Crippen LogP contribution in [0.25, 0.3) is 0 Å². The lowest BCUT2D eigenvalue weighted by Crippen LogP contribution is -2.41. The number of piperidine rings is 1. The van der Waals surface area contributed by atoms with Crippen molar-refractivity contribution >= 4 is 29.9 Å². The van der Waals surface area contributed by atoms with Crippen molar-refractivity contribution in [3.63, 3.8) is 0 Å². The summed E-state index contributed by atoms with van der Waals surface area (Å²) in [6.45, 7) is 17.1. The van der Waals surface area contributed by atoms with Gasteiger partial charge in [-0.25, -0.2) is 4.99 Å². The molecule has 2 atom stereocenters. The number of rotatable bonds is 9. The highest BCUT2D eigenvalue weighted by atomic mass is 127. The predicted molar refractivity (Wildman–Crippen MR) is 127 cm³/mol. The fourth-order valence-electron chi connectivity index (χ4n) is 4.10. The molecule has 1 fully saturated rings. The first-order valence-corrected chi connectivity index (χ1v) is 10.8. The van der Waals surface area contributed by atoms with Gasteiger partial charge in [0.25, 0.3) is 0 Å². The molecule has 2 heterocycles. The minimum Gasteiger partial charge on any atom is -0.361 e. The van der Waals surface area contributed by atoms with E-state index >= 15 is 0 Å². The van der Waals surface area contributed by atoms with Crippen LogP contribution in [0, 0.1) is 11.8 Å². The maximum absolute atomic E-state index is 5.45. The van der Waals surface area contributed by atoms with Crippen LogP contribution in [0.5, 0.6) is 0 Å². The van der Waals surface area contributed by atoms with Gasteiger partial charge in [-0.05, 0) is 44.6 Å². The Labute approximate surface area is 188 Å². The number of nitrogens with zero attached hydrogens (tertiary/aromatic N) is 3. The topological polar surface area (TPSA) is 65.7 Å². The van der Waals surface area contributed by atoms with Gasteiger partial charge in [0.2, 0.25) is 0 Å². The van der Waals surface area contributed by atoms with Gasteiger partial charge < -0.3 is 20.1 Å². The maximum Gasteiger partial charge on any atom is 0.191 e. The summed E-state index contributed by atoms with van der Waals surface area (Å²) in [4.78, 5) is 7.38. The summed E-state index contributed by atoms with van der Waals surface area (Å²) in [5, 5.41) is 11.0. The normalized spacial score (nSPS) is 20.7. The van der Waals surface area contributed by atoms with Crippen molar-refractivity contribution < 1.29 is 4.52 Å². The van der Waals surface area contributed by atoms with Crippen LogP contribution in [0.3, 0.4) is 0 Å². The van der Waals surface area contributed by atoms with Gasteiger partial charge in [0.05, 0.1) is 12.2 Å². The zero-order valence-corrected chi connectivity index (χ0v) is 20.7. The summed E-state index contributed by atoms with van der Waals surface area (Å²) in [5.41, 5.74) is 2.17. The molecule has 0 radical (unpaired) electrons. The third kappa shape index (κ3) is 7.89. The number of hydrogen-bond acceptors (Lipinski definition) is 4. The highest BCUT2D eigenvalue weighted by molar-refractivity contribution is 14.0. The van der Waals surface area contributed by atoms with Crippen LogP contribution in [0.15, 0.2) is 9.52 Å². The van der Waals surface area contributed by atoms with Gasteiger partial charge in [0.15, 0.2) is 5.96 Å². The van der Waals surface area contributed by atoms with E-state index in [1.54, 1.807) is 0 Å². The smallest absolute Gasteiger partial charge is 0.191 e. The summed E-state index contributed by atoms with van der Waals surface area (Å²) in [6.07, 6.45) is 4.24. The fourth-order valence-corrected chi connectivity index (χ4v) is 4.10. The van der Waals surface area contributed by atoms with Crippen molar-refractivity contribution in [1.82, 2.24) is 20.7 Å². The lowest BCUT2D eigenvalue weighted by Gasteiger charge is -2.35. The Balaban J connectivity index is 0.00000392. The number of aromatic nitrogens is 1. The quantitative estimate of drug-likeness (QED) is 0.231.